The first-order valence-corrected chi connectivity index (χ1v) is 5.93. The van der Waals surface area contributed by atoms with Gasteiger partial charge in [-0.2, -0.15) is 5.26 Å². The molecule has 0 aliphatic rings. The molecule has 0 unspecified atom stereocenters. The molecule has 0 fully saturated rings. The minimum absolute atomic E-state index is 0.588. The van der Waals surface area contributed by atoms with Crippen LogP contribution in [0.4, 0.5) is 0 Å². The second kappa shape index (κ2) is 6.19. The molecule has 0 bridgehead atoms. The number of hydrogen-bond acceptors (Lipinski definition) is 2. The number of hydrogen-bond donors (Lipinski definition) is 0. The quantitative estimate of drug-likeness (QED) is 0.581. The van der Waals surface area contributed by atoms with Crippen molar-refractivity contribution in [3.8, 4) is 6.07 Å². The fraction of sp³-hybridized carbons (Fsp3) is 0.300. The monoisotopic (exact) mass is 245 g/mol. The van der Waals surface area contributed by atoms with Gasteiger partial charge < -0.3 is 0 Å². The molecule has 1 aromatic rings. The van der Waals surface area contributed by atoms with Crippen molar-refractivity contribution in [3.63, 3.8) is 0 Å². The summed E-state index contributed by atoms with van der Waals surface area (Å²) in [5.74, 6) is 0.896. The van der Waals surface area contributed by atoms with Crippen molar-refractivity contribution in [2.45, 2.75) is 17.7 Å². The van der Waals surface area contributed by atoms with Crippen LogP contribution >= 0.6 is 35.0 Å². The fourth-order valence-corrected chi connectivity index (χ4v) is 2.36. The van der Waals surface area contributed by atoms with E-state index in [-0.39, 0.29) is 0 Å². The molecule has 0 spiro atoms. The van der Waals surface area contributed by atoms with E-state index in [1.54, 1.807) is 23.9 Å². The largest absolute Gasteiger partial charge is 0.198 e. The van der Waals surface area contributed by atoms with Gasteiger partial charge in [0.2, 0.25) is 0 Å². The average molecular weight is 246 g/mol. The smallest absolute Gasteiger partial charge is 0.0622 e. The van der Waals surface area contributed by atoms with E-state index in [1.165, 1.54) is 0 Å². The Morgan fingerprint density at radius 2 is 2.14 bits per heavy atom. The molecule has 0 heterocycles. The predicted octanol–water partition coefficient (Wildman–Crippen LogP) is 4.39. The van der Waals surface area contributed by atoms with Gasteiger partial charge in [0.1, 0.15) is 0 Å². The minimum atomic E-state index is 0.588. The summed E-state index contributed by atoms with van der Waals surface area (Å²) in [5.41, 5.74) is 0. The molecular weight excluding hydrogens is 237 g/mol. The summed E-state index contributed by atoms with van der Waals surface area (Å²) < 4.78 is 0. The summed E-state index contributed by atoms with van der Waals surface area (Å²) >= 11 is 13.4. The normalized spacial score (nSPS) is 9.79. The van der Waals surface area contributed by atoms with Gasteiger partial charge in [-0.1, -0.05) is 23.2 Å². The van der Waals surface area contributed by atoms with E-state index in [0.29, 0.717) is 11.4 Å². The number of halogens is 2. The van der Waals surface area contributed by atoms with Crippen LogP contribution in [-0.4, -0.2) is 5.75 Å². The maximum Gasteiger partial charge on any atom is 0.0622 e. The van der Waals surface area contributed by atoms with Crippen molar-refractivity contribution < 1.29 is 0 Å². The van der Waals surface area contributed by atoms with Crippen LogP contribution in [0.5, 0.6) is 0 Å². The van der Waals surface area contributed by atoms with Gasteiger partial charge in [-0.05, 0) is 30.4 Å². The van der Waals surface area contributed by atoms with E-state index in [2.05, 4.69) is 6.07 Å². The molecule has 74 valence electrons. The van der Waals surface area contributed by atoms with Crippen LogP contribution < -0.4 is 0 Å². The Bertz CT molecular complexity index is 346. The van der Waals surface area contributed by atoms with Gasteiger partial charge in [-0.15, -0.1) is 11.8 Å². The Labute approximate surface area is 98.0 Å². The van der Waals surface area contributed by atoms with Gasteiger partial charge >= 0.3 is 0 Å². The molecule has 0 aliphatic carbocycles. The van der Waals surface area contributed by atoms with Gasteiger partial charge in [0.25, 0.3) is 0 Å². The third-order valence-electron chi connectivity index (χ3n) is 1.58. The number of rotatable bonds is 4. The molecule has 1 rings (SSSR count). The summed E-state index contributed by atoms with van der Waals surface area (Å²) in [5, 5.41) is 9.77. The van der Waals surface area contributed by atoms with Crippen LogP contribution in [0.3, 0.4) is 0 Å². The Morgan fingerprint density at radius 1 is 1.36 bits per heavy atom. The molecule has 0 amide bonds. The molecule has 0 saturated heterocycles. The lowest BCUT2D eigenvalue weighted by molar-refractivity contribution is 0.981. The molecule has 0 radical (unpaired) electrons. The average Bonchev–Trinajstić information content (AvgIpc) is 2.18. The second-order valence-corrected chi connectivity index (χ2v) is 4.67. The lowest BCUT2D eigenvalue weighted by Gasteiger charge is -2.03. The summed E-state index contributed by atoms with van der Waals surface area (Å²) in [6.45, 7) is 0. The van der Waals surface area contributed by atoms with Crippen LogP contribution in [0, 0.1) is 11.3 Å². The molecule has 1 nitrogen and oxygen atoms in total. The zero-order valence-corrected chi connectivity index (χ0v) is 9.79. The standard InChI is InChI=1S/C10H9Cl2NS/c11-8-3-4-9(12)10(7-8)14-6-2-1-5-13/h3-4,7H,1-2,6H2. The summed E-state index contributed by atoms with van der Waals surface area (Å²) in [7, 11) is 0. The SMILES string of the molecule is N#CCCCSc1cc(Cl)ccc1Cl. The summed E-state index contributed by atoms with van der Waals surface area (Å²) in [6.07, 6.45) is 1.47. The molecule has 14 heavy (non-hydrogen) atoms. The Morgan fingerprint density at radius 3 is 2.86 bits per heavy atom. The van der Waals surface area contributed by atoms with Crippen molar-refractivity contribution in [1.82, 2.24) is 0 Å². The van der Waals surface area contributed by atoms with Crippen LogP contribution in [-0.2, 0) is 0 Å². The van der Waals surface area contributed by atoms with Gasteiger partial charge in [0.05, 0.1) is 11.1 Å². The van der Waals surface area contributed by atoms with E-state index in [4.69, 9.17) is 28.5 Å². The topological polar surface area (TPSA) is 23.8 Å². The van der Waals surface area contributed by atoms with Gasteiger partial charge in [0, 0.05) is 16.3 Å². The maximum absolute atomic E-state index is 8.36. The predicted molar refractivity (Wildman–Crippen MR) is 62.0 cm³/mol. The highest BCUT2D eigenvalue weighted by molar-refractivity contribution is 7.99. The van der Waals surface area contributed by atoms with Crippen molar-refractivity contribution >= 4 is 35.0 Å². The summed E-state index contributed by atoms with van der Waals surface area (Å²) in [4.78, 5) is 0.983. The van der Waals surface area contributed by atoms with Crippen molar-refractivity contribution in [2.24, 2.45) is 0 Å². The number of benzene rings is 1. The Balaban J connectivity index is 2.50. The highest BCUT2D eigenvalue weighted by atomic mass is 35.5. The van der Waals surface area contributed by atoms with Crippen LogP contribution in [0.25, 0.3) is 0 Å². The van der Waals surface area contributed by atoms with Gasteiger partial charge in [-0.25, -0.2) is 0 Å². The van der Waals surface area contributed by atoms with Crippen LogP contribution in [0.2, 0.25) is 10.0 Å². The Kier molecular flexibility index (Phi) is 5.17. The molecule has 0 aromatic heterocycles. The molecular formula is C10H9Cl2NS. The minimum Gasteiger partial charge on any atom is -0.198 e. The summed E-state index contributed by atoms with van der Waals surface area (Å²) in [6, 6.07) is 7.51. The number of nitriles is 1. The molecule has 0 atom stereocenters. The molecule has 0 saturated carbocycles. The van der Waals surface area contributed by atoms with Gasteiger partial charge in [0.15, 0.2) is 0 Å². The van der Waals surface area contributed by atoms with E-state index >= 15 is 0 Å². The Hall–Kier alpha value is -0.360. The van der Waals surface area contributed by atoms with Crippen LogP contribution in [0.15, 0.2) is 23.1 Å². The number of thioether (sulfide) groups is 1. The van der Waals surface area contributed by atoms with Crippen molar-refractivity contribution in [1.29, 1.82) is 5.26 Å². The third-order valence-corrected chi connectivity index (χ3v) is 3.40. The van der Waals surface area contributed by atoms with Crippen molar-refractivity contribution in [2.75, 3.05) is 5.75 Å². The lowest BCUT2D eigenvalue weighted by Crippen LogP contribution is -1.80. The van der Waals surface area contributed by atoms with E-state index in [1.807, 2.05) is 6.07 Å². The van der Waals surface area contributed by atoms with E-state index in [9.17, 15) is 0 Å². The van der Waals surface area contributed by atoms with Crippen LogP contribution in [0.1, 0.15) is 12.8 Å². The van der Waals surface area contributed by atoms with E-state index in [0.717, 1.165) is 22.1 Å². The maximum atomic E-state index is 8.36. The molecule has 4 heteroatoms. The highest BCUT2D eigenvalue weighted by Crippen LogP contribution is 2.30. The zero-order valence-electron chi connectivity index (χ0n) is 7.46. The first kappa shape index (κ1) is 11.7. The first-order valence-electron chi connectivity index (χ1n) is 4.19. The van der Waals surface area contributed by atoms with Gasteiger partial charge in [-0.3, -0.25) is 0 Å². The molecule has 1 aromatic carbocycles. The lowest BCUT2D eigenvalue weighted by atomic mass is 10.4. The van der Waals surface area contributed by atoms with E-state index < -0.39 is 0 Å². The number of unbranched alkanes of at least 4 members (excludes halogenated alkanes) is 1. The molecule has 0 aliphatic heterocycles. The first-order chi connectivity index (χ1) is 6.74. The van der Waals surface area contributed by atoms with Crippen molar-refractivity contribution in [3.05, 3.63) is 28.2 Å². The number of nitrogens with zero attached hydrogens (tertiary/aromatic N) is 1. The fourth-order valence-electron chi connectivity index (χ4n) is 0.921. The molecule has 0 N–H and O–H groups in total. The highest BCUT2D eigenvalue weighted by Gasteiger charge is 2.01. The third kappa shape index (κ3) is 3.79. The second-order valence-electron chi connectivity index (χ2n) is 2.68. The zero-order chi connectivity index (χ0) is 10.4.